The van der Waals surface area contributed by atoms with E-state index in [1.807, 2.05) is 26.0 Å². The number of nitro groups is 1. The number of non-ortho nitro benzene ring substituents is 1. The number of nitriles is 1. The number of rotatable bonds is 3. The van der Waals surface area contributed by atoms with Crippen molar-refractivity contribution in [3.63, 3.8) is 0 Å². The highest BCUT2D eigenvalue weighted by atomic mass is 79.9. The molecule has 0 saturated carbocycles. The Morgan fingerprint density at radius 2 is 2.06 bits per heavy atom. The molecule has 0 saturated heterocycles. The molecule has 1 aromatic carbocycles. The molecule has 0 bridgehead atoms. The summed E-state index contributed by atoms with van der Waals surface area (Å²) in [6.07, 6.45) is 0.819. The molecular weight excluding hydrogens is 516 g/mol. The molecule has 1 aliphatic carbocycles. The highest BCUT2D eigenvalue weighted by Crippen LogP contribution is 2.52. The van der Waals surface area contributed by atoms with Crippen molar-refractivity contribution in [3.05, 3.63) is 76.8 Å². The molecule has 2 N–H and O–H groups in total. The Labute approximate surface area is 202 Å². The van der Waals surface area contributed by atoms with E-state index >= 15 is 0 Å². The predicted octanol–water partition coefficient (Wildman–Crippen LogP) is 6.01. The molecule has 4 rings (SSSR count). The molecule has 0 amide bonds. The van der Waals surface area contributed by atoms with E-state index in [9.17, 15) is 20.2 Å². The minimum absolute atomic E-state index is 0.0717. The van der Waals surface area contributed by atoms with Gasteiger partial charge in [-0.15, -0.1) is 11.3 Å². The number of thiophene rings is 1. The van der Waals surface area contributed by atoms with Crippen LogP contribution in [0.25, 0.3) is 0 Å². The Hall–Kier alpha value is -2.67. The third kappa shape index (κ3) is 3.72. The van der Waals surface area contributed by atoms with E-state index in [0.29, 0.717) is 24.1 Å². The lowest BCUT2D eigenvalue weighted by molar-refractivity contribution is -0.384. The summed E-state index contributed by atoms with van der Waals surface area (Å²) in [4.78, 5) is 26.7. The van der Waals surface area contributed by atoms with Gasteiger partial charge in [0.15, 0.2) is 5.78 Å². The van der Waals surface area contributed by atoms with Crippen molar-refractivity contribution in [1.29, 1.82) is 5.26 Å². The summed E-state index contributed by atoms with van der Waals surface area (Å²) >= 11 is 11.3. The molecule has 2 aromatic rings. The highest BCUT2D eigenvalue weighted by Gasteiger charge is 2.45. The number of allylic oxidation sites excluding steroid dienone is 3. The Kier molecular flexibility index (Phi) is 5.65. The first-order valence-electron chi connectivity index (χ1n) is 9.69. The van der Waals surface area contributed by atoms with Crippen molar-refractivity contribution in [2.75, 3.05) is 4.90 Å². The number of halogens is 2. The van der Waals surface area contributed by atoms with Crippen molar-refractivity contribution >= 4 is 56.0 Å². The standard InChI is InChI=1S/C22H18BrClN4O3S/c1-22(2)8-15-20(16(29)9-22)19(17-5-6-18(23)32-17)12(10-25)21(26)27(15)14-7-11(28(30)31)3-4-13(14)24/h3-7,19H,8-9,26H2,1-2H3. The third-order valence-corrected chi connectivity index (χ3v) is 7.65. The topological polar surface area (TPSA) is 113 Å². The molecule has 32 heavy (non-hydrogen) atoms. The van der Waals surface area contributed by atoms with Crippen molar-refractivity contribution < 1.29 is 9.72 Å². The Bertz CT molecular complexity index is 1270. The number of benzene rings is 1. The second-order valence-electron chi connectivity index (χ2n) is 8.52. The number of Topliss-reactive ketones (excluding diaryl/α,β-unsaturated/α-hetero) is 1. The quantitative estimate of drug-likeness (QED) is 0.382. The minimum atomic E-state index is -0.594. The van der Waals surface area contributed by atoms with Crippen LogP contribution >= 0.6 is 38.9 Å². The predicted molar refractivity (Wildman–Crippen MR) is 127 cm³/mol. The maximum Gasteiger partial charge on any atom is 0.271 e. The van der Waals surface area contributed by atoms with Crippen LogP contribution in [0.15, 0.2) is 56.8 Å². The second kappa shape index (κ2) is 8.03. The summed E-state index contributed by atoms with van der Waals surface area (Å²) < 4.78 is 0.873. The molecule has 0 fully saturated rings. The monoisotopic (exact) mass is 532 g/mol. The number of nitrogens with zero attached hydrogens (tertiary/aromatic N) is 3. The fourth-order valence-corrected chi connectivity index (χ4v) is 6.08. The minimum Gasteiger partial charge on any atom is -0.384 e. The summed E-state index contributed by atoms with van der Waals surface area (Å²) in [6, 6.07) is 9.97. The van der Waals surface area contributed by atoms with Gasteiger partial charge in [0, 0.05) is 34.7 Å². The molecule has 1 aliphatic heterocycles. The van der Waals surface area contributed by atoms with Gasteiger partial charge < -0.3 is 5.73 Å². The summed E-state index contributed by atoms with van der Waals surface area (Å²) in [5.74, 6) is -0.546. The number of ketones is 1. The van der Waals surface area contributed by atoms with E-state index < -0.39 is 10.8 Å². The van der Waals surface area contributed by atoms with Gasteiger partial charge >= 0.3 is 0 Å². The molecule has 1 unspecified atom stereocenters. The fourth-order valence-electron chi connectivity index (χ4n) is 4.34. The summed E-state index contributed by atoms with van der Waals surface area (Å²) in [7, 11) is 0. The first-order valence-corrected chi connectivity index (χ1v) is 11.7. The SMILES string of the molecule is CC1(C)CC(=O)C2=C(C1)N(c1cc([N+](=O)[O-])ccc1Cl)C(N)=C(C#N)C2c1ccc(Br)s1. The molecule has 1 aromatic heterocycles. The summed E-state index contributed by atoms with van der Waals surface area (Å²) in [5.41, 5.74) is 7.63. The van der Waals surface area contributed by atoms with Crippen LogP contribution in [0.3, 0.4) is 0 Å². The van der Waals surface area contributed by atoms with E-state index in [-0.39, 0.29) is 39.0 Å². The Morgan fingerprint density at radius 3 is 2.66 bits per heavy atom. The largest absolute Gasteiger partial charge is 0.384 e. The van der Waals surface area contributed by atoms with Gasteiger partial charge in [0.2, 0.25) is 0 Å². The van der Waals surface area contributed by atoms with Gasteiger partial charge in [-0.05, 0) is 46.0 Å². The van der Waals surface area contributed by atoms with Crippen LogP contribution in [-0.4, -0.2) is 10.7 Å². The molecule has 7 nitrogen and oxygen atoms in total. The lowest BCUT2D eigenvalue weighted by Gasteiger charge is -2.43. The smallest absolute Gasteiger partial charge is 0.271 e. The van der Waals surface area contributed by atoms with Crippen LogP contribution in [0.4, 0.5) is 11.4 Å². The van der Waals surface area contributed by atoms with Crippen LogP contribution < -0.4 is 10.6 Å². The Balaban J connectivity index is 2.03. The number of hydrogen-bond acceptors (Lipinski definition) is 7. The van der Waals surface area contributed by atoms with Gasteiger partial charge in [0.25, 0.3) is 5.69 Å². The fraction of sp³-hybridized carbons (Fsp3) is 0.273. The zero-order valence-corrected chi connectivity index (χ0v) is 20.3. The first kappa shape index (κ1) is 22.5. The maximum absolute atomic E-state index is 13.4. The maximum atomic E-state index is 13.4. The van der Waals surface area contributed by atoms with Gasteiger partial charge in [-0.25, -0.2) is 0 Å². The molecule has 2 aliphatic rings. The summed E-state index contributed by atoms with van der Waals surface area (Å²) in [6.45, 7) is 3.97. The average Bonchev–Trinajstić information content (AvgIpc) is 3.13. The molecular formula is C22H18BrClN4O3S. The lowest BCUT2D eigenvalue weighted by atomic mass is 9.69. The van der Waals surface area contributed by atoms with E-state index in [1.54, 1.807) is 4.90 Å². The number of anilines is 1. The molecule has 10 heteroatoms. The number of carbonyl (C=O) groups is 1. The normalized spacial score (nSPS) is 20.3. The average molecular weight is 534 g/mol. The van der Waals surface area contributed by atoms with Crippen LogP contribution in [0.5, 0.6) is 0 Å². The molecule has 2 heterocycles. The van der Waals surface area contributed by atoms with Crippen molar-refractivity contribution in [1.82, 2.24) is 0 Å². The van der Waals surface area contributed by atoms with Gasteiger partial charge in [0.1, 0.15) is 5.82 Å². The Morgan fingerprint density at radius 1 is 1.34 bits per heavy atom. The van der Waals surface area contributed by atoms with Gasteiger partial charge in [-0.2, -0.15) is 5.26 Å². The highest BCUT2D eigenvalue weighted by molar-refractivity contribution is 9.11. The van der Waals surface area contributed by atoms with Crippen LogP contribution in [0, 0.1) is 26.9 Å². The molecule has 0 spiro atoms. The number of nitrogens with two attached hydrogens (primary N) is 1. The lowest BCUT2D eigenvalue weighted by Crippen LogP contribution is -2.42. The van der Waals surface area contributed by atoms with Crippen LogP contribution in [0.1, 0.15) is 37.5 Å². The van der Waals surface area contributed by atoms with E-state index in [4.69, 9.17) is 17.3 Å². The molecule has 0 radical (unpaired) electrons. The van der Waals surface area contributed by atoms with Crippen molar-refractivity contribution in [2.24, 2.45) is 11.1 Å². The van der Waals surface area contributed by atoms with Gasteiger partial charge in [-0.3, -0.25) is 19.8 Å². The zero-order chi connectivity index (χ0) is 23.4. The zero-order valence-electron chi connectivity index (χ0n) is 17.2. The van der Waals surface area contributed by atoms with E-state index in [0.717, 1.165) is 8.66 Å². The van der Waals surface area contributed by atoms with Gasteiger partial charge in [-0.1, -0.05) is 25.4 Å². The molecule has 1 atom stereocenters. The first-order chi connectivity index (χ1) is 15.0. The van der Waals surface area contributed by atoms with Crippen molar-refractivity contribution in [3.8, 4) is 6.07 Å². The third-order valence-electron chi connectivity index (χ3n) is 5.64. The van der Waals surface area contributed by atoms with Crippen LogP contribution in [0.2, 0.25) is 5.02 Å². The molecule has 164 valence electrons. The van der Waals surface area contributed by atoms with Crippen LogP contribution in [-0.2, 0) is 4.79 Å². The van der Waals surface area contributed by atoms with Crippen molar-refractivity contribution in [2.45, 2.75) is 32.6 Å². The van der Waals surface area contributed by atoms with E-state index in [1.165, 1.54) is 29.5 Å². The van der Waals surface area contributed by atoms with Gasteiger partial charge in [0.05, 0.1) is 37.0 Å². The number of nitro benzene ring substituents is 1. The second-order valence-corrected chi connectivity index (χ2v) is 11.4. The van der Waals surface area contributed by atoms with E-state index in [2.05, 4.69) is 22.0 Å². The summed E-state index contributed by atoms with van der Waals surface area (Å²) in [5, 5.41) is 21.7. The number of hydrogen-bond donors (Lipinski definition) is 1. The number of carbonyl (C=O) groups excluding carboxylic acids is 1.